The normalized spacial score (nSPS) is 17.6. The van der Waals surface area contributed by atoms with Gasteiger partial charge in [-0.3, -0.25) is 4.79 Å². The van der Waals surface area contributed by atoms with Crippen LogP contribution in [0, 0.1) is 5.82 Å². The maximum Gasteiger partial charge on any atom is 0.257 e. The Kier molecular flexibility index (Phi) is 3.86. The quantitative estimate of drug-likeness (QED) is 0.728. The predicted molar refractivity (Wildman–Crippen MR) is 86.8 cm³/mol. The number of rotatable bonds is 4. The fourth-order valence-electron chi connectivity index (χ4n) is 2.80. The van der Waals surface area contributed by atoms with Gasteiger partial charge in [-0.2, -0.15) is 4.98 Å². The van der Waals surface area contributed by atoms with Gasteiger partial charge in [0.1, 0.15) is 5.82 Å². The van der Waals surface area contributed by atoms with Gasteiger partial charge in [0, 0.05) is 29.3 Å². The summed E-state index contributed by atoms with van der Waals surface area (Å²) < 4.78 is 18.3. The minimum atomic E-state index is -0.316. The smallest absolute Gasteiger partial charge is 0.257 e. The number of carbonyl (C=O) groups is 1. The molecule has 1 saturated heterocycles. The van der Waals surface area contributed by atoms with Gasteiger partial charge in [0.15, 0.2) is 5.82 Å². The van der Waals surface area contributed by atoms with E-state index in [0.717, 1.165) is 4.88 Å². The van der Waals surface area contributed by atoms with E-state index in [9.17, 15) is 9.18 Å². The summed E-state index contributed by atoms with van der Waals surface area (Å²) >= 11 is 1.64. The van der Waals surface area contributed by atoms with Gasteiger partial charge in [-0.15, -0.1) is 11.3 Å². The second-order valence-electron chi connectivity index (χ2n) is 5.72. The molecule has 24 heavy (non-hydrogen) atoms. The van der Waals surface area contributed by atoms with Gasteiger partial charge in [0.2, 0.25) is 5.91 Å². The second-order valence-corrected chi connectivity index (χ2v) is 6.75. The number of amides is 1. The molecule has 3 heterocycles. The van der Waals surface area contributed by atoms with Crippen LogP contribution in [-0.2, 0) is 11.3 Å². The van der Waals surface area contributed by atoms with E-state index in [4.69, 9.17) is 4.52 Å². The highest BCUT2D eigenvalue weighted by atomic mass is 32.1. The van der Waals surface area contributed by atoms with E-state index in [-0.39, 0.29) is 17.6 Å². The maximum absolute atomic E-state index is 13.0. The molecular formula is C17H14FN3O2S. The van der Waals surface area contributed by atoms with Gasteiger partial charge in [-0.05, 0) is 35.7 Å². The van der Waals surface area contributed by atoms with Crippen LogP contribution in [0.5, 0.6) is 0 Å². The first-order valence-corrected chi connectivity index (χ1v) is 8.47. The van der Waals surface area contributed by atoms with Crippen molar-refractivity contribution in [3.63, 3.8) is 0 Å². The van der Waals surface area contributed by atoms with Crippen LogP contribution in [0.4, 0.5) is 4.39 Å². The largest absolute Gasteiger partial charge is 0.337 e. The SMILES string of the molecule is O=C1C[C@H](c2noc(-c3ccc(F)cc3)n2)CN1Cc1cccs1. The van der Waals surface area contributed by atoms with Gasteiger partial charge in [-0.1, -0.05) is 11.2 Å². The fourth-order valence-corrected chi connectivity index (χ4v) is 3.52. The van der Waals surface area contributed by atoms with E-state index in [1.165, 1.54) is 12.1 Å². The highest BCUT2D eigenvalue weighted by molar-refractivity contribution is 7.09. The standard InChI is InChI=1S/C17H14FN3O2S/c18-13-5-3-11(4-6-13)17-19-16(20-23-17)12-8-15(22)21(9-12)10-14-2-1-7-24-14/h1-7,12H,8-10H2/t12-/m0/s1. The zero-order valence-electron chi connectivity index (χ0n) is 12.7. The maximum atomic E-state index is 13.0. The van der Waals surface area contributed by atoms with Crippen LogP contribution in [0.1, 0.15) is 23.0 Å². The molecule has 0 radical (unpaired) electrons. The molecule has 122 valence electrons. The van der Waals surface area contributed by atoms with Gasteiger partial charge < -0.3 is 9.42 Å². The third kappa shape index (κ3) is 2.94. The number of halogens is 1. The first-order valence-electron chi connectivity index (χ1n) is 7.59. The van der Waals surface area contributed by atoms with Crippen LogP contribution in [-0.4, -0.2) is 27.5 Å². The number of hydrogen-bond donors (Lipinski definition) is 0. The molecule has 1 fully saturated rings. The number of nitrogens with zero attached hydrogens (tertiary/aromatic N) is 3. The lowest BCUT2D eigenvalue weighted by Crippen LogP contribution is -2.23. The van der Waals surface area contributed by atoms with Crippen molar-refractivity contribution in [2.75, 3.05) is 6.54 Å². The third-order valence-corrected chi connectivity index (χ3v) is 4.90. The monoisotopic (exact) mass is 343 g/mol. The van der Waals surface area contributed by atoms with Crippen LogP contribution in [0.15, 0.2) is 46.3 Å². The zero-order chi connectivity index (χ0) is 16.5. The molecule has 1 aliphatic heterocycles. The first kappa shape index (κ1) is 15.0. The topological polar surface area (TPSA) is 59.2 Å². The van der Waals surface area contributed by atoms with Crippen molar-refractivity contribution in [3.8, 4) is 11.5 Å². The molecule has 0 saturated carbocycles. The molecule has 1 amide bonds. The minimum Gasteiger partial charge on any atom is -0.337 e. The molecule has 5 nitrogen and oxygen atoms in total. The molecule has 4 rings (SSSR count). The van der Waals surface area contributed by atoms with E-state index in [0.29, 0.717) is 36.8 Å². The van der Waals surface area contributed by atoms with Crippen LogP contribution in [0.2, 0.25) is 0 Å². The van der Waals surface area contributed by atoms with Crippen molar-refractivity contribution >= 4 is 17.2 Å². The number of hydrogen-bond acceptors (Lipinski definition) is 5. The van der Waals surface area contributed by atoms with Gasteiger partial charge in [0.25, 0.3) is 5.89 Å². The Morgan fingerprint density at radius 2 is 2.12 bits per heavy atom. The van der Waals surface area contributed by atoms with Gasteiger partial charge in [-0.25, -0.2) is 4.39 Å². The van der Waals surface area contributed by atoms with Crippen molar-refractivity contribution < 1.29 is 13.7 Å². The van der Waals surface area contributed by atoms with Crippen molar-refractivity contribution in [2.45, 2.75) is 18.9 Å². The van der Waals surface area contributed by atoms with Gasteiger partial charge in [0.05, 0.1) is 6.54 Å². The minimum absolute atomic E-state index is 0.0737. The molecule has 3 aromatic rings. The Morgan fingerprint density at radius 3 is 2.88 bits per heavy atom. The van der Waals surface area contributed by atoms with E-state index in [1.807, 2.05) is 22.4 Å². The molecule has 0 unspecified atom stereocenters. The summed E-state index contributed by atoms with van der Waals surface area (Å²) in [6.07, 6.45) is 0.383. The predicted octanol–water partition coefficient (Wildman–Crippen LogP) is 3.45. The Hall–Kier alpha value is -2.54. The number of thiophene rings is 1. The third-order valence-electron chi connectivity index (χ3n) is 4.04. The molecule has 0 aliphatic carbocycles. The molecule has 1 aliphatic rings. The summed E-state index contributed by atoms with van der Waals surface area (Å²) in [5, 5.41) is 6.01. The van der Waals surface area contributed by atoms with E-state index >= 15 is 0 Å². The lowest BCUT2D eigenvalue weighted by Gasteiger charge is -2.14. The Balaban J connectivity index is 1.49. The number of benzene rings is 1. The van der Waals surface area contributed by atoms with E-state index < -0.39 is 0 Å². The van der Waals surface area contributed by atoms with Crippen LogP contribution in [0.25, 0.3) is 11.5 Å². The van der Waals surface area contributed by atoms with Crippen molar-refractivity contribution in [1.29, 1.82) is 0 Å². The van der Waals surface area contributed by atoms with Crippen molar-refractivity contribution in [1.82, 2.24) is 15.0 Å². The number of carbonyl (C=O) groups excluding carboxylic acids is 1. The van der Waals surface area contributed by atoms with Crippen molar-refractivity contribution in [2.24, 2.45) is 0 Å². The Labute approximate surface area is 141 Å². The van der Waals surface area contributed by atoms with Crippen molar-refractivity contribution in [3.05, 3.63) is 58.3 Å². The Bertz CT molecular complexity index is 845. The first-order chi connectivity index (χ1) is 11.7. The molecular weight excluding hydrogens is 329 g/mol. The molecule has 1 aromatic carbocycles. The lowest BCUT2D eigenvalue weighted by molar-refractivity contribution is -0.128. The molecule has 7 heteroatoms. The molecule has 0 spiro atoms. The lowest BCUT2D eigenvalue weighted by atomic mass is 10.1. The highest BCUT2D eigenvalue weighted by Crippen LogP contribution is 2.29. The second kappa shape index (κ2) is 6.16. The summed E-state index contributed by atoms with van der Waals surface area (Å²) in [6.45, 7) is 1.20. The van der Waals surface area contributed by atoms with E-state index in [2.05, 4.69) is 10.1 Å². The molecule has 0 N–H and O–H groups in total. The average molecular weight is 343 g/mol. The van der Waals surface area contributed by atoms with Crippen LogP contribution in [0.3, 0.4) is 0 Å². The summed E-state index contributed by atoms with van der Waals surface area (Å²) in [7, 11) is 0. The number of aromatic nitrogens is 2. The van der Waals surface area contributed by atoms with Crippen LogP contribution >= 0.6 is 11.3 Å². The summed E-state index contributed by atoms with van der Waals surface area (Å²) in [5.74, 6) is 0.576. The molecule has 0 bridgehead atoms. The molecule has 1 atom stereocenters. The Morgan fingerprint density at radius 1 is 1.29 bits per heavy atom. The van der Waals surface area contributed by atoms with Crippen LogP contribution < -0.4 is 0 Å². The number of likely N-dealkylation sites (tertiary alicyclic amines) is 1. The van der Waals surface area contributed by atoms with E-state index in [1.54, 1.807) is 23.5 Å². The zero-order valence-corrected chi connectivity index (χ0v) is 13.5. The fraction of sp³-hybridized carbons (Fsp3) is 0.235. The average Bonchev–Trinajstić information content (AvgIpc) is 3.31. The summed E-state index contributed by atoms with van der Waals surface area (Å²) in [5.41, 5.74) is 0.662. The van der Waals surface area contributed by atoms with Gasteiger partial charge >= 0.3 is 0 Å². The summed E-state index contributed by atoms with van der Waals surface area (Å²) in [6, 6.07) is 9.88. The molecule has 2 aromatic heterocycles. The highest BCUT2D eigenvalue weighted by Gasteiger charge is 2.33. The summed E-state index contributed by atoms with van der Waals surface area (Å²) in [4.78, 5) is 19.6.